The lowest BCUT2D eigenvalue weighted by molar-refractivity contribution is -0.161. The maximum Gasteiger partial charge on any atom is 0.472 e. The summed E-state index contributed by atoms with van der Waals surface area (Å²) in [6.45, 7) is 4.74. The van der Waals surface area contributed by atoms with Crippen LogP contribution in [0.4, 0.5) is 0 Å². The molecule has 0 heterocycles. The van der Waals surface area contributed by atoms with Gasteiger partial charge in [0, 0.05) is 25.7 Å². The number of phosphoric ester groups is 2. The number of allylic oxidation sites excluding steroid dienone is 10. The van der Waals surface area contributed by atoms with E-state index in [-0.39, 0.29) is 25.7 Å². The number of hydrogen-bond acceptors (Lipinski definition) is 15. The summed E-state index contributed by atoms with van der Waals surface area (Å²) in [7, 11) is -9.93. The van der Waals surface area contributed by atoms with E-state index in [0.717, 1.165) is 167 Å². The highest BCUT2D eigenvalue weighted by Crippen LogP contribution is 2.45. The van der Waals surface area contributed by atoms with Gasteiger partial charge < -0.3 is 33.8 Å². The Kier molecular flexibility index (Phi) is 64.0. The van der Waals surface area contributed by atoms with E-state index >= 15 is 0 Å². The molecular formula is C73H132O17P2. The molecule has 17 nitrogen and oxygen atoms in total. The lowest BCUT2D eigenvalue weighted by Crippen LogP contribution is -2.30. The minimum Gasteiger partial charge on any atom is -0.462 e. The first kappa shape index (κ1) is 88.8. The average molecular weight is 1340 g/mol. The summed E-state index contributed by atoms with van der Waals surface area (Å²) in [5, 5.41) is 10.6. The van der Waals surface area contributed by atoms with Crippen LogP contribution in [0.1, 0.15) is 323 Å². The molecule has 19 heteroatoms. The first-order valence-corrected chi connectivity index (χ1v) is 39.5. The maximum atomic E-state index is 13.0. The second kappa shape index (κ2) is 66.4. The van der Waals surface area contributed by atoms with Crippen LogP contribution in [0.5, 0.6) is 0 Å². The van der Waals surface area contributed by atoms with Gasteiger partial charge in [-0.1, -0.05) is 230 Å². The van der Waals surface area contributed by atoms with Crippen molar-refractivity contribution >= 4 is 39.5 Å². The van der Waals surface area contributed by atoms with Crippen LogP contribution >= 0.6 is 15.6 Å². The molecule has 536 valence electrons. The molecule has 0 rings (SSSR count). The Bertz CT molecular complexity index is 1990. The smallest absolute Gasteiger partial charge is 0.462 e. The summed E-state index contributed by atoms with van der Waals surface area (Å²) >= 11 is 0. The number of phosphoric acid groups is 2. The minimum atomic E-state index is -4.97. The average Bonchev–Trinajstić information content (AvgIpc) is 3.63. The van der Waals surface area contributed by atoms with Gasteiger partial charge >= 0.3 is 39.5 Å². The number of esters is 4. The minimum absolute atomic E-state index is 0.0847. The molecule has 0 radical (unpaired) electrons. The van der Waals surface area contributed by atoms with Crippen molar-refractivity contribution in [1.29, 1.82) is 0 Å². The van der Waals surface area contributed by atoms with E-state index in [1.807, 2.05) is 0 Å². The van der Waals surface area contributed by atoms with Crippen molar-refractivity contribution in [1.82, 2.24) is 0 Å². The van der Waals surface area contributed by atoms with Gasteiger partial charge in [-0.25, -0.2) is 9.13 Å². The van der Waals surface area contributed by atoms with Gasteiger partial charge in [-0.3, -0.25) is 37.3 Å². The predicted octanol–water partition coefficient (Wildman–Crippen LogP) is 20.3. The van der Waals surface area contributed by atoms with Crippen LogP contribution in [0.2, 0.25) is 0 Å². The second-order valence-corrected chi connectivity index (χ2v) is 27.4. The molecule has 0 amide bonds. The third-order valence-electron chi connectivity index (χ3n) is 15.4. The molecule has 5 unspecified atom stereocenters. The van der Waals surface area contributed by atoms with Crippen LogP contribution in [0.15, 0.2) is 60.8 Å². The van der Waals surface area contributed by atoms with Gasteiger partial charge in [0.1, 0.15) is 19.3 Å². The number of aliphatic hydroxyl groups excluding tert-OH is 1. The summed E-state index contributed by atoms with van der Waals surface area (Å²) in [5.74, 6) is -2.20. The maximum absolute atomic E-state index is 13.0. The molecule has 92 heavy (non-hydrogen) atoms. The molecule has 0 aromatic heterocycles. The normalized spacial score (nSPS) is 14.4. The van der Waals surface area contributed by atoms with Crippen LogP contribution in [0.25, 0.3) is 0 Å². The first-order chi connectivity index (χ1) is 44.7. The summed E-state index contributed by atoms with van der Waals surface area (Å²) in [5.41, 5.74) is 0. The number of ether oxygens (including phenoxy) is 4. The highest BCUT2D eigenvalue weighted by atomic mass is 31.2. The van der Waals surface area contributed by atoms with E-state index in [4.69, 9.17) is 37.0 Å². The monoisotopic (exact) mass is 1340 g/mol. The van der Waals surface area contributed by atoms with Crippen LogP contribution in [-0.2, 0) is 65.4 Å². The topological polar surface area (TPSA) is 237 Å². The number of unbranched alkanes of at least 4 members (excludes halogenated alkanes) is 33. The molecule has 0 fully saturated rings. The van der Waals surface area contributed by atoms with Crippen LogP contribution < -0.4 is 0 Å². The van der Waals surface area contributed by atoms with E-state index in [9.17, 15) is 43.2 Å². The Morgan fingerprint density at radius 1 is 0.304 bits per heavy atom. The van der Waals surface area contributed by atoms with E-state index in [0.29, 0.717) is 25.7 Å². The molecule has 0 saturated carbocycles. The number of rotatable bonds is 69. The highest BCUT2D eigenvalue weighted by molar-refractivity contribution is 7.47. The van der Waals surface area contributed by atoms with Crippen molar-refractivity contribution in [3.05, 3.63) is 60.8 Å². The molecule has 5 atom stereocenters. The van der Waals surface area contributed by atoms with Gasteiger partial charge in [-0.2, -0.15) is 0 Å². The number of hydrogen-bond donors (Lipinski definition) is 3. The zero-order valence-corrected chi connectivity index (χ0v) is 60.0. The summed E-state index contributed by atoms with van der Waals surface area (Å²) in [6.07, 6.45) is 62.2. The van der Waals surface area contributed by atoms with Gasteiger partial charge in [0.05, 0.1) is 26.4 Å². The third kappa shape index (κ3) is 65.4. The molecule has 3 N–H and O–H groups in total. The Morgan fingerprint density at radius 3 is 0.859 bits per heavy atom. The van der Waals surface area contributed by atoms with Crippen molar-refractivity contribution in [3.63, 3.8) is 0 Å². The lowest BCUT2D eigenvalue weighted by atomic mass is 10.1. The van der Waals surface area contributed by atoms with Gasteiger partial charge in [0.25, 0.3) is 0 Å². The Morgan fingerprint density at radius 2 is 0.554 bits per heavy atom. The Hall–Kier alpha value is -3.24. The van der Waals surface area contributed by atoms with Gasteiger partial charge in [0.2, 0.25) is 0 Å². The molecular weight excluding hydrogens is 1210 g/mol. The molecule has 0 spiro atoms. The zero-order valence-electron chi connectivity index (χ0n) is 58.2. The second-order valence-electron chi connectivity index (χ2n) is 24.5. The highest BCUT2D eigenvalue weighted by Gasteiger charge is 2.30. The zero-order chi connectivity index (χ0) is 67.5. The van der Waals surface area contributed by atoms with Crippen molar-refractivity contribution in [2.75, 3.05) is 39.6 Å². The molecule has 0 saturated heterocycles. The number of carbonyl (C=O) groups excluding carboxylic acids is 4. The fourth-order valence-electron chi connectivity index (χ4n) is 9.77. The van der Waals surface area contributed by atoms with Crippen molar-refractivity contribution in [2.24, 2.45) is 0 Å². The largest absolute Gasteiger partial charge is 0.472 e. The van der Waals surface area contributed by atoms with Crippen LogP contribution in [0, 0.1) is 0 Å². The molecule has 0 bridgehead atoms. The van der Waals surface area contributed by atoms with Crippen LogP contribution in [0.3, 0.4) is 0 Å². The molecule has 0 aliphatic heterocycles. The molecule has 0 aliphatic carbocycles. The Labute approximate surface area is 559 Å². The standard InChI is InChI=1S/C73H132O17P2/c1-5-9-13-17-21-25-29-33-37-41-45-49-53-57-70(75)83-63-68(89-72(77)59-55-51-47-43-39-35-31-27-23-19-15-11-7-3)65-87-91(79,80)85-61-67(74)62-86-92(81,82)88-66-69(90-73(78)60-56-52-48-44-40-36-32-28-24-20-16-12-8-4)64-84-71(76)58-54-50-46-42-38-34-30-26-22-18-14-10-6-2/h13,17,25-32,67-69,74H,5-12,14-16,18-24,33-66H2,1-4H3,(H,79,80)(H,81,82)/b17-13-,29-25-,30-26-,31-27-,32-28-. The van der Waals surface area contributed by atoms with E-state index in [2.05, 4.69) is 88.5 Å². The van der Waals surface area contributed by atoms with Gasteiger partial charge in [0.15, 0.2) is 12.2 Å². The fourth-order valence-corrected chi connectivity index (χ4v) is 11.3. The molecule has 0 aromatic rings. The number of aliphatic hydroxyl groups is 1. The lowest BCUT2D eigenvalue weighted by Gasteiger charge is -2.21. The van der Waals surface area contributed by atoms with Crippen molar-refractivity contribution < 1.29 is 80.2 Å². The van der Waals surface area contributed by atoms with Gasteiger partial charge in [-0.05, 0) is 128 Å². The van der Waals surface area contributed by atoms with Crippen molar-refractivity contribution in [3.8, 4) is 0 Å². The quantitative estimate of drug-likeness (QED) is 0.0169. The summed E-state index contributed by atoms with van der Waals surface area (Å²) in [6, 6.07) is 0. The summed E-state index contributed by atoms with van der Waals surface area (Å²) in [4.78, 5) is 72.6. The van der Waals surface area contributed by atoms with Crippen molar-refractivity contribution in [2.45, 2.75) is 341 Å². The molecule has 0 aliphatic rings. The summed E-state index contributed by atoms with van der Waals surface area (Å²) < 4.78 is 68.3. The SMILES string of the molecule is CCC/C=C\C/C=C\CCCCCCCC(=O)OCC(COP(=O)(O)OCC(O)COP(=O)(O)OCC(COC(=O)CCCCCCC/C=C\CCCCCC)OC(=O)CCCCCCC/C=C\CCCCCC)OC(=O)CCCCCCC/C=C\CCCCCC. The Balaban J connectivity index is 5.33. The van der Waals surface area contributed by atoms with Crippen LogP contribution in [-0.4, -0.2) is 96.7 Å². The van der Waals surface area contributed by atoms with E-state index in [1.165, 1.54) is 77.0 Å². The van der Waals surface area contributed by atoms with Gasteiger partial charge in [-0.15, -0.1) is 0 Å². The number of carbonyl (C=O) groups is 4. The first-order valence-electron chi connectivity index (χ1n) is 36.5. The third-order valence-corrected chi connectivity index (χ3v) is 17.3. The van der Waals surface area contributed by atoms with E-state index in [1.54, 1.807) is 0 Å². The predicted molar refractivity (Wildman–Crippen MR) is 372 cm³/mol. The molecule has 0 aromatic carbocycles. The fraction of sp³-hybridized carbons (Fsp3) is 0.808. The van der Waals surface area contributed by atoms with E-state index < -0.39 is 97.5 Å².